The number of hydrogen-bond donors (Lipinski definition) is 2. The van der Waals surface area contributed by atoms with E-state index in [2.05, 4.69) is 21.2 Å². The molecule has 2 aromatic carbocycles. The summed E-state index contributed by atoms with van der Waals surface area (Å²) >= 11 is 3.33. The van der Waals surface area contributed by atoms with Crippen LogP contribution in [0.4, 0.5) is 18.9 Å². The maximum absolute atomic E-state index is 12.7. The second-order valence-corrected chi connectivity index (χ2v) is 5.48. The van der Waals surface area contributed by atoms with Crippen LogP contribution in [-0.4, -0.2) is 6.54 Å². The van der Waals surface area contributed by atoms with Crippen LogP contribution in [0, 0.1) is 0 Å². The summed E-state index contributed by atoms with van der Waals surface area (Å²) in [5, 5.41) is 3.14. The molecular formula is C15H14BrF3N2. The summed E-state index contributed by atoms with van der Waals surface area (Å²) in [5.74, 6) is 0. The summed E-state index contributed by atoms with van der Waals surface area (Å²) in [6.07, 6.45) is -4.35. The standard InChI is InChI=1S/C15H14BrF3N2/c16-12-4-6-13(7-5-12)21-14(9-20)10-2-1-3-11(8-10)15(17,18)19/h1-8,14,21H,9,20H2. The van der Waals surface area contributed by atoms with E-state index in [9.17, 15) is 13.2 Å². The topological polar surface area (TPSA) is 38.0 Å². The number of nitrogens with one attached hydrogen (secondary N) is 1. The molecule has 2 nitrogen and oxygen atoms in total. The monoisotopic (exact) mass is 358 g/mol. The molecule has 0 aromatic heterocycles. The van der Waals surface area contributed by atoms with Crippen molar-refractivity contribution in [1.82, 2.24) is 0 Å². The van der Waals surface area contributed by atoms with E-state index in [1.165, 1.54) is 6.07 Å². The fourth-order valence-corrected chi connectivity index (χ4v) is 2.22. The molecule has 2 aromatic rings. The highest BCUT2D eigenvalue weighted by atomic mass is 79.9. The van der Waals surface area contributed by atoms with E-state index in [1.54, 1.807) is 6.07 Å². The van der Waals surface area contributed by atoms with E-state index in [0.717, 1.165) is 22.3 Å². The number of benzene rings is 2. The normalized spacial score (nSPS) is 13.0. The van der Waals surface area contributed by atoms with E-state index in [1.807, 2.05) is 24.3 Å². The lowest BCUT2D eigenvalue weighted by Gasteiger charge is -2.20. The van der Waals surface area contributed by atoms with Gasteiger partial charge in [0.05, 0.1) is 11.6 Å². The van der Waals surface area contributed by atoms with E-state index >= 15 is 0 Å². The molecule has 0 saturated carbocycles. The predicted octanol–water partition coefficient (Wildman–Crippen LogP) is 4.58. The summed E-state index contributed by atoms with van der Waals surface area (Å²) in [6.45, 7) is 0.192. The van der Waals surface area contributed by atoms with Crippen molar-refractivity contribution in [2.75, 3.05) is 11.9 Å². The number of nitrogens with two attached hydrogens (primary N) is 1. The Labute approximate surface area is 129 Å². The molecule has 1 atom stereocenters. The van der Waals surface area contributed by atoms with Crippen molar-refractivity contribution in [3.05, 3.63) is 64.1 Å². The Morgan fingerprint density at radius 3 is 2.33 bits per heavy atom. The highest BCUT2D eigenvalue weighted by Crippen LogP contribution is 2.31. The van der Waals surface area contributed by atoms with Gasteiger partial charge in [-0.2, -0.15) is 13.2 Å². The zero-order valence-electron chi connectivity index (χ0n) is 11.0. The van der Waals surface area contributed by atoms with Crippen LogP contribution in [0.15, 0.2) is 53.0 Å². The molecule has 0 fully saturated rings. The average molecular weight is 359 g/mol. The van der Waals surface area contributed by atoms with Crippen LogP contribution in [0.1, 0.15) is 17.2 Å². The maximum Gasteiger partial charge on any atom is 0.416 e. The Bertz CT molecular complexity index is 597. The fourth-order valence-electron chi connectivity index (χ4n) is 1.96. The van der Waals surface area contributed by atoms with Crippen LogP contribution < -0.4 is 11.1 Å². The number of rotatable bonds is 4. The molecule has 3 N–H and O–H groups in total. The van der Waals surface area contributed by atoms with Crippen molar-refractivity contribution in [3.8, 4) is 0 Å². The lowest BCUT2D eigenvalue weighted by Crippen LogP contribution is -2.21. The van der Waals surface area contributed by atoms with Gasteiger partial charge in [-0.25, -0.2) is 0 Å². The zero-order chi connectivity index (χ0) is 15.5. The van der Waals surface area contributed by atoms with Gasteiger partial charge in [-0.05, 0) is 42.0 Å². The van der Waals surface area contributed by atoms with Crippen LogP contribution in [0.2, 0.25) is 0 Å². The van der Waals surface area contributed by atoms with Gasteiger partial charge in [0.2, 0.25) is 0 Å². The van der Waals surface area contributed by atoms with Crippen LogP contribution in [-0.2, 0) is 6.18 Å². The molecule has 0 saturated heterocycles. The molecule has 0 aliphatic carbocycles. The number of hydrogen-bond acceptors (Lipinski definition) is 2. The largest absolute Gasteiger partial charge is 0.416 e. The van der Waals surface area contributed by atoms with E-state index < -0.39 is 11.7 Å². The third-order valence-electron chi connectivity index (χ3n) is 3.04. The highest BCUT2D eigenvalue weighted by Gasteiger charge is 2.30. The third-order valence-corrected chi connectivity index (χ3v) is 3.57. The Balaban J connectivity index is 2.23. The third kappa shape index (κ3) is 4.22. The summed E-state index contributed by atoms with van der Waals surface area (Å²) in [7, 11) is 0. The zero-order valence-corrected chi connectivity index (χ0v) is 12.6. The molecule has 0 aliphatic heterocycles. The lowest BCUT2D eigenvalue weighted by atomic mass is 10.0. The van der Waals surface area contributed by atoms with Crippen LogP contribution in [0.3, 0.4) is 0 Å². The van der Waals surface area contributed by atoms with Crippen molar-refractivity contribution < 1.29 is 13.2 Å². The summed E-state index contributed by atoms with van der Waals surface area (Å²) in [5.41, 5.74) is 6.33. The molecule has 21 heavy (non-hydrogen) atoms. The molecule has 2 rings (SSSR count). The predicted molar refractivity (Wildman–Crippen MR) is 81.0 cm³/mol. The van der Waals surface area contributed by atoms with Gasteiger partial charge < -0.3 is 11.1 Å². The Morgan fingerprint density at radius 1 is 1.10 bits per heavy atom. The van der Waals surface area contributed by atoms with Crippen molar-refractivity contribution in [1.29, 1.82) is 0 Å². The smallest absolute Gasteiger partial charge is 0.377 e. The molecule has 6 heteroatoms. The van der Waals surface area contributed by atoms with Gasteiger partial charge in [0.25, 0.3) is 0 Å². The van der Waals surface area contributed by atoms with Gasteiger partial charge in [0.1, 0.15) is 0 Å². The first-order valence-electron chi connectivity index (χ1n) is 6.29. The molecule has 112 valence electrons. The van der Waals surface area contributed by atoms with Crippen molar-refractivity contribution >= 4 is 21.6 Å². The summed E-state index contributed by atoms with van der Waals surface area (Å²) in [4.78, 5) is 0. The molecule has 0 aliphatic rings. The quantitative estimate of drug-likeness (QED) is 0.839. The van der Waals surface area contributed by atoms with Crippen LogP contribution >= 0.6 is 15.9 Å². The second kappa shape index (κ2) is 6.49. The minimum atomic E-state index is -4.35. The van der Waals surface area contributed by atoms with E-state index in [4.69, 9.17) is 5.73 Å². The van der Waals surface area contributed by atoms with Gasteiger partial charge in [-0.15, -0.1) is 0 Å². The minimum absolute atomic E-state index is 0.192. The minimum Gasteiger partial charge on any atom is -0.377 e. The fraction of sp³-hybridized carbons (Fsp3) is 0.200. The van der Waals surface area contributed by atoms with Crippen LogP contribution in [0.25, 0.3) is 0 Å². The first-order valence-corrected chi connectivity index (χ1v) is 7.09. The van der Waals surface area contributed by atoms with Crippen LogP contribution in [0.5, 0.6) is 0 Å². The molecule has 0 heterocycles. The SMILES string of the molecule is NCC(Nc1ccc(Br)cc1)c1cccc(C(F)(F)F)c1. The van der Waals surface area contributed by atoms with Gasteiger partial charge in [-0.3, -0.25) is 0 Å². The molecular weight excluding hydrogens is 345 g/mol. The van der Waals surface area contributed by atoms with Gasteiger partial charge in [-0.1, -0.05) is 28.1 Å². The molecule has 0 spiro atoms. The Kier molecular flexibility index (Phi) is 4.90. The number of anilines is 1. The van der Waals surface area contributed by atoms with Crippen molar-refractivity contribution in [2.24, 2.45) is 5.73 Å². The Morgan fingerprint density at radius 2 is 1.76 bits per heavy atom. The van der Waals surface area contributed by atoms with E-state index in [0.29, 0.717) is 5.56 Å². The summed E-state index contributed by atoms with van der Waals surface area (Å²) in [6, 6.07) is 12.2. The molecule has 0 bridgehead atoms. The van der Waals surface area contributed by atoms with Gasteiger partial charge in [0.15, 0.2) is 0 Å². The van der Waals surface area contributed by atoms with Gasteiger partial charge in [0, 0.05) is 16.7 Å². The number of alkyl halides is 3. The molecule has 0 amide bonds. The van der Waals surface area contributed by atoms with Crippen molar-refractivity contribution in [3.63, 3.8) is 0 Å². The Hall–Kier alpha value is -1.53. The lowest BCUT2D eigenvalue weighted by molar-refractivity contribution is -0.137. The highest BCUT2D eigenvalue weighted by molar-refractivity contribution is 9.10. The number of halogens is 4. The summed E-state index contributed by atoms with van der Waals surface area (Å²) < 4.78 is 39.2. The first-order chi connectivity index (χ1) is 9.90. The second-order valence-electron chi connectivity index (χ2n) is 4.56. The van der Waals surface area contributed by atoms with Gasteiger partial charge >= 0.3 is 6.18 Å². The molecule has 0 radical (unpaired) electrons. The average Bonchev–Trinajstić information content (AvgIpc) is 2.46. The maximum atomic E-state index is 12.7. The van der Waals surface area contributed by atoms with E-state index in [-0.39, 0.29) is 12.6 Å². The van der Waals surface area contributed by atoms with Crippen molar-refractivity contribution in [2.45, 2.75) is 12.2 Å². The first kappa shape index (κ1) is 15.9. The molecule has 1 unspecified atom stereocenters.